The van der Waals surface area contributed by atoms with Crippen molar-refractivity contribution in [2.45, 2.75) is 32.2 Å². The Labute approximate surface area is 196 Å². The lowest BCUT2D eigenvalue weighted by molar-refractivity contribution is -0.105. The molecule has 0 spiro atoms. The minimum absolute atomic E-state index is 0.123. The first kappa shape index (κ1) is 20.9. The number of carbonyl (C=O) groups is 1. The average molecular weight is 464 g/mol. The number of hydrogen-bond donors (Lipinski definition) is 0. The third-order valence-electron chi connectivity index (χ3n) is 6.46. The molecule has 1 atom stereocenters. The monoisotopic (exact) mass is 464 g/mol. The van der Waals surface area contributed by atoms with Crippen molar-refractivity contribution < 1.29 is 38.0 Å². The molecule has 0 radical (unpaired) electrons. The van der Waals surface area contributed by atoms with Gasteiger partial charge in [0.2, 0.25) is 6.79 Å². The van der Waals surface area contributed by atoms with Crippen LogP contribution in [0.1, 0.15) is 35.2 Å². The number of benzene rings is 3. The molecule has 0 amide bonds. The van der Waals surface area contributed by atoms with Gasteiger partial charge in [-0.25, -0.2) is 4.79 Å². The van der Waals surface area contributed by atoms with Gasteiger partial charge in [0.25, 0.3) is 0 Å². The van der Waals surface area contributed by atoms with E-state index in [9.17, 15) is 4.79 Å². The summed E-state index contributed by atoms with van der Waals surface area (Å²) in [4.78, 5) is 13.0. The lowest BCUT2D eigenvalue weighted by Crippen LogP contribution is -2.25. The summed E-state index contributed by atoms with van der Waals surface area (Å²) in [6, 6.07) is 9.39. The highest BCUT2D eigenvalue weighted by molar-refractivity contribution is 6.14. The van der Waals surface area contributed by atoms with Crippen LogP contribution >= 0.6 is 0 Å². The normalized spacial score (nSPS) is 18.5. The number of fused-ring (bicyclic) bond motifs is 3. The summed E-state index contributed by atoms with van der Waals surface area (Å²) >= 11 is 0. The Balaban J connectivity index is 1.64. The topological polar surface area (TPSA) is 81.7 Å². The molecule has 0 bridgehead atoms. The van der Waals surface area contributed by atoms with Crippen molar-refractivity contribution in [2.24, 2.45) is 0 Å². The van der Waals surface area contributed by atoms with Crippen molar-refractivity contribution in [1.82, 2.24) is 0 Å². The largest absolute Gasteiger partial charge is 0.493 e. The fourth-order valence-corrected chi connectivity index (χ4v) is 4.83. The number of rotatable bonds is 5. The lowest BCUT2D eigenvalue weighted by atomic mass is 9.89. The molecule has 0 aliphatic carbocycles. The highest BCUT2D eigenvalue weighted by Gasteiger charge is 2.34. The Bertz CT molecular complexity index is 1290. The zero-order valence-corrected chi connectivity index (χ0v) is 19.0. The number of esters is 1. The number of cyclic esters (lactones) is 1. The molecule has 1 unspecified atom stereocenters. The number of ether oxygens (including phenoxy) is 7. The fraction of sp³-hybridized carbons (Fsp3) is 0.346. The number of hydrogen-bond acceptors (Lipinski definition) is 8. The molecule has 8 nitrogen and oxygen atoms in total. The van der Waals surface area contributed by atoms with E-state index >= 15 is 0 Å². The van der Waals surface area contributed by atoms with E-state index in [-0.39, 0.29) is 19.7 Å². The molecule has 34 heavy (non-hydrogen) atoms. The standard InChI is InChI=1S/C26H24O8/c1-28-19-10-15-16(11-20(19)29-2)25(34-22-5-3-4-8-30-22)17-12-31-26(27)24(17)23(15)14-6-7-18-21(9-14)33-13-32-18/h6-7,9-11,22H,3-5,8,12-13H2,1-2H3. The van der Waals surface area contributed by atoms with Gasteiger partial charge in [0.05, 0.1) is 26.4 Å². The smallest absolute Gasteiger partial charge is 0.339 e. The Morgan fingerprint density at radius 2 is 1.68 bits per heavy atom. The van der Waals surface area contributed by atoms with Crippen molar-refractivity contribution in [1.29, 1.82) is 0 Å². The van der Waals surface area contributed by atoms with Crippen LogP contribution in [0.4, 0.5) is 0 Å². The molecular weight excluding hydrogens is 440 g/mol. The minimum Gasteiger partial charge on any atom is -0.493 e. The number of methoxy groups -OCH3 is 2. The molecule has 6 rings (SSSR count). The van der Waals surface area contributed by atoms with Gasteiger partial charge in [-0.1, -0.05) is 6.07 Å². The lowest BCUT2D eigenvalue weighted by Gasteiger charge is -2.26. The quantitative estimate of drug-likeness (QED) is 0.497. The van der Waals surface area contributed by atoms with Crippen LogP contribution in [0.15, 0.2) is 30.3 Å². The zero-order valence-electron chi connectivity index (χ0n) is 19.0. The van der Waals surface area contributed by atoms with E-state index in [1.807, 2.05) is 30.3 Å². The maximum atomic E-state index is 13.0. The van der Waals surface area contributed by atoms with Gasteiger partial charge in [0.15, 0.2) is 29.3 Å². The summed E-state index contributed by atoms with van der Waals surface area (Å²) in [5, 5.41) is 1.57. The van der Waals surface area contributed by atoms with Crippen LogP contribution in [-0.2, 0) is 16.1 Å². The Morgan fingerprint density at radius 1 is 0.882 bits per heavy atom. The van der Waals surface area contributed by atoms with Gasteiger partial charge in [-0.15, -0.1) is 0 Å². The third kappa shape index (κ3) is 3.28. The van der Waals surface area contributed by atoms with Crippen molar-refractivity contribution in [3.8, 4) is 39.9 Å². The Kier molecular flexibility index (Phi) is 5.10. The molecule has 3 aromatic carbocycles. The first-order valence-electron chi connectivity index (χ1n) is 11.3. The molecule has 1 fully saturated rings. The molecule has 3 aromatic rings. The van der Waals surface area contributed by atoms with Crippen LogP contribution in [0, 0.1) is 0 Å². The van der Waals surface area contributed by atoms with E-state index in [0.29, 0.717) is 46.5 Å². The number of carbonyl (C=O) groups excluding carboxylic acids is 1. The highest BCUT2D eigenvalue weighted by Crippen LogP contribution is 2.49. The average Bonchev–Trinajstić information content (AvgIpc) is 3.50. The molecule has 0 N–H and O–H groups in total. The molecule has 3 heterocycles. The SMILES string of the molecule is COc1cc2c(OC3CCCCO3)c3c(c(-c4ccc5c(c4)OCO5)c2cc1OC)C(=O)OC3. The van der Waals surface area contributed by atoms with Gasteiger partial charge in [-0.3, -0.25) is 0 Å². The first-order chi connectivity index (χ1) is 16.7. The first-order valence-corrected chi connectivity index (χ1v) is 11.3. The van der Waals surface area contributed by atoms with E-state index in [1.165, 1.54) is 0 Å². The van der Waals surface area contributed by atoms with Crippen LogP contribution in [0.25, 0.3) is 21.9 Å². The van der Waals surface area contributed by atoms with Crippen molar-refractivity contribution in [3.63, 3.8) is 0 Å². The van der Waals surface area contributed by atoms with Crippen LogP contribution in [0.5, 0.6) is 28.7 Å². The second kappa shape index (κ2) is 8.29. The van der Waals surface area contributed by atoms with Crippen molar-refractivity contribution in [3.05, 3.63) is 41.5 Å². The summed E-state index contributed by atoms with van der Waals surface area (Å²) < 4.78 is 40.0. The van der Waals surface area contributed by atoms with Gasteiger partial charge in [0.1, 0.15) is 12.4 Å². The van der Waals surface area contributed by atoms with Gasteiger partial charge >= 0.3 is 5.97 Å². The summed E-state index contributed by atoms with van der Waals surface area (Å²) in [6.07, 6.45) is 2.42. The highest BCUT2D eigenvalue weighted by atomic mass is 16.7. The third-order valence-corrected chi connectivity index (χ3v) is 6.46. The predicted octanol–water partition coefficient (Wildman–Crippen LogP) is 4.83. The fourth-order valence-electron chi connectivity index (χ4n) is 4.83. The molecule has 3 aliphatic heterocycles. The van der Waals surface area contributed by atoms with Crippen molar-refractivity contribution >= 4 is 16.7 Å². The summed E-state index contributed by atoms with van der Waals surface area (Å²) in [5.41, 5.74) is 2.71. The summed E-state index contributed by atoms with van der Waals surface area (Å²) in [5.74, 6) is 2.58. The molecule has 8 heteroatoms. The Hall–Kier alpha value is -3.65. The predicted molar refractivity (Wildman–Crippen MR) is 122 cm³/mol. The maximum absolute atomic E-state index is 13.0. The van der Waals surface area contributed by atoms with Gasteiger partial charge < -0.3 is 33.2 Å². The maximum Gasteiger partial charge on any atom is 0.339 e. The molecule has 0 aromatic heterocycles. The molecular formula is C26H24O8. The molecule has 3 aliphatic rings. The van der Waals surface area contributed by atoms with Gasteiger partial charge in [0, 0.05) is 22.9 Å². The van der Waals surface area contributed by atoms with Crippen LogP contribution in [0.2, 0.25) is 0 Å². The second-order valence-electron chi connectivity index (χ2n) is 8.37. The zero-order chi connectivity index (χ0) is 23.2. The van der Waals surface area contributed by atoms with E-state index in [2.05, 4.69) is 0 Å². The summed E-state index contributed by atoms with van der Waals surface area (Å²) in [6.45, 7) is 0.934. The molecule has 1 saturated heterocycles. The molecule has 0 saturated carbocycles. The summed E-state index contributed by atoms with van der Waals surface area (Å²) in [7, 11) is 3.17. The van der Waals surface area contributed by atoms with Gasteiger partial charge in [-0.2, -0.15) is 0 Å². The van der Waals surface area contributed by atoms with Gasteiger partial charge in [-0.05, 0) is 48.1 Å². The van der Waals surface area contributed by atoms with E-state index in [1.54, 1.807) is 14.2 Å². The second-order valence-corrected chi connectivity index (χ2v) is 8.37. The van der Waals surface area contributed by atoms with E-state index < -0.39 is 5.97 Å². The van der Waals surface area contributed by atoms with Crippen LogP contribution < -0.4 is 23.7 Å². The van der Waals surface area contributed by atoms with Crippen LogP contribution in [-0.4, -0.2) is 39.9 Å². The minimum atomic E-state index is -0.395. The van der Waals surface area contributed by atoms with Crippen molar-refractivity contribution in [2.75, 3.05) is 27.6 Å². The van der Waals surface area contributed by atoms with E-state index in [0.717, 1.165) is 41.2 Å². The van der Waals surface area contributed by atoms with E-state index in [4.69, 9.17) is 33.2 Å². The Morgan fingerprint density at radius 3 is 2.44 bits per heavy atom. The molecule has 176 valence electrons. The van der Waals surface area contributed by atoms with Crippen LogP contribution in [0.3, 0.4) is 0 Å².